The summed E-state index contributed by atoms with van der Waals surface area (Å²) in [6, 6.07) is 17.5. The molecule has 186 valence electrons. The van der Waals surface area contributed by atoms with Gasteiger partial charge in [-0.25, -0.2) is 4.99 Å². The highest BCUT2D eigenvalue weighted by molar-refractivity contribution is 6.04. The van der Waals surface area contributed by atoms with Crippen molar-refractivity contribution in [3.63, 3.8) is 0 Å². The van der Waals surface area contributed by atoms with Crippen LogP contribution >= 0.6 is 0 Å². The van der Waals surface area contributed by atoms with Crippen molar-refractivity contribution >= 4 is 17.4 Å². The molecule has 0 bridgehead atoms. The molecule has 0 radical (unpaired) electrons. The van der Waals surface area contributed by atoms with Crippen LogP contribution in [0, 0.1) is 0 Å². The van der Waals surface area contributed by atoms with Gasteiger partial charge < -0.3 is 19.3 Å². The van der Waals surface area contributed by atoms with Crippen molar-refractivity contribution in [3.05, 3.63) is 83.4 Å². The SMILES string of the molecule is COc1ccc2c(c1)C(N1CCCN(C(=O)c3ccc(C(F)(F)F)cc3)CC1)=Nc1ccccc1O2. The third-order valence-electron chi connectivity index (χ3n) is 6.28. The number of benzene rings is 3. The number of ether oxygens (including phenoxy) is 2. The summed E-state index contributed by atoms with van der Waals surface area (Å²) in [5, 5.41) is 0. The Balaban J connectivity index is 1.40. The maximum absolute atomic E-state index is 13.1. The van der Waals surface area contributed by atoms with Crippen molar-refractivity contribution in [2.24, 2.45) is 4.99 Å². The third kappa shape index (κ3) is 4.73. The minimum atomic E-state index is -4.44. The smallest absolute Gasteiger partial charge is 0.416 e. The zero-order valence-corrected chi connectivity index (χ0v) is 19.6. The molecule has 0 unspecified atom stereocenters. The Kier molecular flexibility index (Phi) is 6.30. The van der Waals surface area contributed by atoms with E-state index in [-0.39, 0.29) is 11.5 Å². The molecule has 1 saturated heterocycles. The van der Waals surface area contributed by atoms with E-state index < -0.39 is 11.7 Å². The van der Waals surface area contributed by atoms with Gasteiger partial charge in [-0.05, 0) is 61.0 Å². The molecule has 6 nitrogen and oxygen atoms in total. The fourth-order valence-electron chi connectivity index (χ4n) is 4.39. The molecule has 0 N–H and O–H groups in total. The summed E-state index contributed by atoms with van der Waals surface area (Å²) >= 11 is 0. The number of alkyl halides is 3. The van der Waals surface area contributed by atoms with Gasteiger partial charge in [-0.15, -0.1) is 0 Å². The van der Waals surface area contributed by atoms with E-state index in [2.05, 4.69) is 4.90 Å². The van der Waals surface area contributed by atoms with Crippen LogP contribution < -0.4 is 9.47 Å². The molecule has 0 spiro atoms. The zero-order valence-electron chi connectivity index (χ0n) is 19.6. The van der Waals surface area contributed by atoms with Gasteiger partial charge in [-0.3, -0.25) is 4.79 Å². The lowest BCUT2D eigenvalue weighted by Crippen LogP contribution is -2.37. The lowest BCUT2D eigenvalue weighted by atomic mass is 10.1. The van der Waals surface area contributed by atoms with Gasteiger partial charge in [0.25, 0.3) is 5.91 Å². The van der Waals surface area contributed by atoms with Gasteiger partial charge in [0.1, 0.15) is 23.0 Å². The summed E-state index contributed by atoms with van der Waals surface area (Å²) in [7, 11) is 1.60. The topological polar surface area (TPSA) is 54.4 Å². The van der Waals surface area contributed by atoms with Crippen LogP contribution in [0.25, 0.3) is 0 Å². The summed E-state index contributed by atoms with van der Waals surface area (Å²) in [5.74, 6) is 2.40. The number of amidine groups is 1. The van der Waals surface area contributed by atoms with Crippen molar-refractivity contribution in [2.75, 3.05) is 33.3 Å². The first-order valence-electron chi connectivity index (χ1n) is 11.6. The molecule has 2 aliphatic rings. The highest BCUT2D eigenvalue weighted by Crippen LogP contribution is 2.39. The molecular formula is C27H24F3N3O3. The number of fused-ring (bicyclic) bond motifs is 2. The van der Waals surface area contributed by atoms with Crippen LogP contribution in [0.5, 0.6) is 17.2 Å². The summed E-state index contributed by atoms with van der Waals surface area (Å²) < 4.78 is 50.3. The number of nitrogens with zero attached hydrogens (tertiary/aromatic N) is 3. The monoisotopic (exact) mass is 495 g/mol. The lowest BCUT2D eigenvalue weighted by Gasteiger charge is -2.25. The maximum atomic E-state index is 13.1. The van der Waals surface area contributed by atoms with Crippen molar-refractivity contribution in [3.8, 4) is 17.2 Å². The van der Waals surface area contributed by atoms with Crippen LogP contribution in [0.1, 0.15) is 27.9 Å². The first-order valence-corrected chi connectivity index (χ1v) is 11.6. The lowest BCUT2D eigenvalue weighted by molar-refractivity contribution is -0.137. The Morgan fingerprint density at radius 2 is 1.72 bits per heavy atom. The van der Waals surface area contributed by atoms with Gasteiger partial charge in [-0.1, -0.05) is 12.1 Å². The fourth-order valence-corrected chi connectivity index (χ4v) is 4.39. The van der Waals surface area contributed by atoms with Crippen molar-refractivity contribution in [1.82, 2.24) is 9.80 Å². The van der Waals surface area contributed by atoms with Gasteiger partial charge in [0.15, 0.2) is 5.75 Å². The second-order valence-electron chi connectivity index (χ2n) is 8.58. The van der Waals surface area contributed by atoms with E-state index in [1.165, 1.54) is 12.1 Å². The van der Waals surface area contributed by atoms with E-state index in [1.807, 2.05) is 42.5 Å². The number of methoxy groups -OCH3 is 1. The average molecular weight is 496 g/mol. The van der Waals surface area contributed by atoms with Crippen LogP contribution in [0.15, 0.2) is 71.7 Å². The Bertz CT molecular complexity index is 1310. The quantitative estimate of drug-likeness (QED) is 0.455. The second-order valence-corrected chi connectivity index (χ2v) is 8.58. The first-order chi connectivity index (χ1) is 17.3. The fraction of sp³-hybridized carbons (Fsp3) is 0.259. The van der Waals surface area contributed by atoms with Crippen LogP contribution in [0.4, 0.5) is 18.9 Å². The maximum Gasteiger partial charge on any atom is 0.416 e. The minimum Gasteiger partial charge on any atom is -0.497 e. The zero-order chi connectivity index (χ0) is 25.3. The first kappa shape index (κ1) is 23.7. The molecule has 1 fully saturated rings. The highest BCUT2D eigenvalue weighted by Gasteiger charge is 2.31. The summed E-state index contributed by atoms with van der Waals surface area (Å²) in [5.41, 5.74) is 0.947. The molecule has 3 aromatic carbocycles. The average Bonchev–Trinajstić information content (AvgIpc) is 3.22. The van der Waals surface area contributed by atoms with Crippen molar-refractivity contribution in [2.45, 2.75) is 12.6 Å². The van der Waals surface area contributed by atoms with E-state index in [0.717, 1.165) is 23.5 Å². The van der Waals surface area contributed by atoms with Gasteiger partial charge in [0.05, 0.1) is 18.2 Å². The number of rotatable bonds is 2. The summed E-state index contributed by atoms with van der Waals surface area (Å²) in [6.07, 6.45) is -3.77. The number of para-hydroxylation sites is 2. The predicted molar refractivity (Wildman–Crippen MR) is 129 cm³/mol. The number of hydrogen-bond acceptors (Lipinski definition) is 5. The van der Waals surface area contributed by atoms with Crippen LogP contribution in [0.3, 0.4) is 0 Å². The summed E-state index contributed by atoms with van der Waals surface area (Å²) in [4.78, 5) is 21.8. The van der Waals surface area contributed by atoms with Gasteiger partial charge >= 0.3 is 6.18 Å². The van der Waals surface area contributed by atoms with E-state index in [1.54, 1.807) is 12.0 Å². The van der Waals surface area contributed by atoms with E-state index in [9.17, 15) is 18.0 Å². The molecule has 0 aromatic heterocycles. The Hall–Kier alpha value is -4.01. The number of carbonyl (C=O) groups excluding carboxylic acids is 1. The van der Waals surface area contributed by atoms with Crippen LogP contribution in [0.2, 0.25) is 0 Å². The largest absolute Gasteiger partial charge is 0.497 e. The van der Waals surface area contributed by atoms with Crippen molar-refractivity contribution < 1.29 is 27.4 Å². The van der Waals surface area contributed by atoms with Gasteiger partial charge in [0.2, 0.25) is 0 Å². The predicted octanol–water partition coefficient (Wildman–Crippen LogP) is 5.75. The molecule has 1 amide bonds. The van der Waals surface area contributed by atoms with Gasteiger partial charge in [-0.2, -0.15) is 13.2 Å². The molecule has 2 aliphatic heterocycles. The number of amides is 1. The molecule has 3 aromatic rings. The Morgan fingerprint density at radius 3 is 2.47 bits per heavy atom. The van der Waals surface area contributed by atoms with Crippen LogP contribution in [-0.4, -0.2) is 54.8 Å². The molecule has 9 heteroatoms. The molecular weight excluding hydrogens is 471 g/mol. The molecule has 2 heterocycles. The summed E-state index contributed by atoms with van der Waals surface area (Å²) in [6.45, 7) is 2.04. The Labute approximate surface area is 206 Å². The van der Waals surface area contributed by atoms with E-state index in [4.69, 9.17) is 14.5 Å². The second kappa shape index (κ2) is 9.56. The van der Waals surface area contributed by atoms with Crippen molar-refractivity contribution in [1.29, 1.82) is 0 Å². The highest BCUT2D eigenvalue weighted by atomic mass is 19.4. The molecule has 5 rings (SSSR count). The van der Waals surface area contributed by atoms with E-state index in [0.29, 0.717) is 55.5 Å². The number of aliphatic imine (C=N–C) groups is 1. The number of halogens is 3. The third-order valence-corrected chi connectivity index (χ3v) is 6.28. The minimum absolute atomic E-state index is 0.237. The molecule has 36 heavy (non-hydrogen) atoms. The Morgan fingerprint density at radius 1 is 0.944 bits per heavy atom. The molecule has 0 atom stereocenters. The molecule has 0 saturated carbocycles. The number of hydrogen-bond donors (Lipinski definition) is 0. The number of carbonyl (C=O) groups is 1. The molecule has 0 aliphatic carbocycles. The normalized spacial score (nSPS) is 15.6. The van der Waals surface area contributed by atoms with Gasteiger partial charge in [0, 0.05) is 31.7 Å². The standard InChI is InChI=1S/C27H24F3N3O3/c1-35-20-11-12-23-21(17-20)25(31-22-5-2-3-6-24(22)36-23)32-13-4-14-33(16-15-32)26(34)18-7-9-19(10-8-18)27(28,29)30/h2-3,5-12,17H,4,13-16H2,1H3. The van der Waals surface area contributed by atoms with E-state index >= 15 is 0 Å². The van der Waals surface area contributed by atoms with Crippen LogP contribution in [-0.2, 0) is 6.18 Å².